The Kier molecular flexibility index (Phi) is 9.86. The fourth-order valence-electron chi connectivity index (χ4n) is 3.20. The number of rotatable bonds is 7. The predicted molar refractivity (Wildman–Crippen MR) is 120 cm³/mol. The van der Waals surface area contributed by atoms with E-state index in [1.54, 1.807) is 0 Å². The van der Waals surface area contributed by atoms with Crippen LogP contribution in [0.15, 0.2) is 36.4 Å². The van der Waals surface area contributed by atoms with Crippen molar-refractivity contribution in [1.82, 2.24) is 9.97 Å². The summed E-state index contributed by atoms with van der Waals surface area (Å²) in [6.45, 7) is 5.39. The molecule has 2 aromatic rings. The summed E-state index contributed by atoms with van der Waals surface area (Å²) < 4.78 is 37.6. The second-order valence-corrected chi connectivity index (χ2v) is 7.56. The number of benzene rings is 1. The summed E-state index contributed by atoms with van der Waals surface area (Å²) in [6, 6.07) is 12.3. The van der Waals surface area contributed by atoms with E-state index in [0.29, 0.717) is 12.6 Å². The average molecular weight is 470 g/mol. The molecule has 1 aliphatic heterocycles. The molecule has 0 spiro atoms. The van der Waals surface area contributed by atoms with Crippen LogP contribution in [-0.4, -0.2) is 66.6 Å². The lowest BCUT2D eigenvalue weighted by atomic mass is 10.1. The fraction of sp³-hybridized carbons (Fsp3) is 0.500. The highest BCUT2D eigenvalue weighted by atomic mass is 19.4. The van der Waals surface area contributed by atoms with Crippen LogP contribution in [0.3, 0.4) is 0 Å². The largest absolute Gasteiger partial charge is 0.490 e. The summed E-state index contributed by atoms with van der Waals surface area (Å²) >= 11 is 0. The van der Waals surface area contributed by atoms with E-state index in [0.717, 1.165) is 62.1 Å². The zero-order chi connectivity index (χ0) is 24.4. The van der Waals surface area contributed by atoms with E-state index in [2.05, 4.69) is 28.1 Å². The Balaban J connectivity index is 0.000000479. The van der Waals surface area contributed by atoms with Gasteiger partial charge in [0.05, 0.1) is 6.10 Å². The number of nitrogens with two attached hydrogens (primary N) is 1. The maximum absolute atomic E-state index is 10.6. The SMILES string of the molecule is Cc1cc(N2CCC(OCCCN)CC2)nc(N(C)c2ccccc2)n1.O=C(O)C(F)(F)F. The van der Waals surface area contributed by atoms with E-state index in [-0.39, 0.29) is 0 Å². The summed E-state index contributed by atoms with van der Waals surface area (Å²) in [6.07, 6.45) is -1.76. The van der Waals surface area contributed by atoms with Gasteiger partial charge in [0.2, 0.25) is 5.95 Å². The molecule has 0 amide bonds. The molecule has 0 bridgehead atoms. The highest BCUT2D eigenvalue weighted by Gasteiger charge is 2.38. The number of aryl methyl sites for hydroxylation is 1. The van der Waals surface area contributed by atoms with Crippen molar-refractivity contribution < 1.29 is 27.8 Å². The van der Waals surface area contributed by atoms with Gasteiger partial charge in [-0.05, 0) is 44.9 Å². The molecule has 1 fully saturated rings. The average Bonchev–Trinajstić information content (AvgIpc) is 2.79. The predicted octanol–water partition coefficient (Wildman–Crippen LogP) is 3.52. The molecule has 182 valence electrons. The van der Waals surface area contributed by atoms with Gasteiger partial charge in [-0.1, -0.05) is 18.2 Å². The van der Waals surface area contributed by atoms with Gasteiger partial charge in [-0.2, -0.15) is 18.2 Å². The number of carboxylic acid groups (broad SMARTS) is 1. The van der Waals surface area contributed by atoms with Gasteiger partial charge in [0.25, 0.3) is 0 Å². The van der Waals surface area contributed by atoms with Crippen molar-refractivity contribution in [1.29, 1.82) is 0 Å². The number of anilines is 3. The van der Waals surface area contributed by atoms with Crippen LogP contribution < -0.4 is 15.5 Å². The molecule has 3 rings (SSSR count). The number of ether oxygens (including phenoxy) is 1. The number of aliphatic carboxylic acids is 1. The molecule has 8 nitrogen and oxygen atoms in total. The maximum atomic E-state index is 10.6. The molecule has 3 N–H and O–H groups in total. The van der Waals surface area contributed by atoms with Crippen molar-refractivity contribution >= 4 is 23.4 Å². The first kappa shape index (κ1) is 26.3. The fourth-order valence-corrected chi connectivity index (χ4v) is 3.20. The number of hydrogen-bond donors (Lipinski definition) is 2. The topological polar surface area (TPSA) is 105 Å². The van der Waals surface area contributed by atoms with Gasteiger partial charge in [0, 0.05) is 44.2 Å². The molecule has 0 radical (unpaired) electrons. The van der Waals surface area contributed by atoms with Crippen molar-refractivity contribution in [2.24, 2.45) is 5.73 Å². The molecular formula is C22H30F3N5O3. The Bertz CT molecular complexity index is 875. The van der Waals surface area contributed by atoms with Crippen molar-refractivity contribution in [2.45, 2.75) is 38.5 Å². The molecule has 1 saturated heterocycles. The molecule has 2 heterocycles. The Morgan fingerprint density at radius 3 is 2.39 bits per heavy atom. The van der Waals surface area contributed by atoms with Crippen molar-refractivity contribution in [2.75, 3.05) is 43.1 Å². The monoisotopic (exact) mass is 469 g/mol. The number of piperidine rings is 1. The smallest absolute Gasteiger partial charge is 0.475 e. The summed E-state index contributed by atoms with van der Waals surface area (Å²) in [5.41, 5.74) is 7.59. The zero-order valence-corrected chi connectivity index (χ0v) is 18.8. The van der Waals surface area contributed by atoms with Crippen LogP contribution >= 0.6 is 0 Å². The van der Waals surface area contributed by atoms with Gasteiger partial charge in [-0.25, -0.2) is 9.78 Å². The lowest BCUT2D eigenvalue weighted by Crippen LogP contribution is -2.38. The minimum absolute atomic E-state index is 0.340. The minimum atomic E-state index is -5.08. The lowest BCUT2D eigenvalue weighted by molar-refractivity contribution is -0.192. The quantitative estimate of drug-likeness (QED) is 0.594. The Morgan fingerprint density at radius 1 is 1.24 bits per heavy atom. The van der Waals surface area contributed by atoms with Crippen LogP contribution in [-0.2, 0) is 9.53 Å². The van der Waals surface area contributed by atoms with Crippen molar-refractivity contribution in [3.63, 3.8) is 0 Å². The van der Waals surface area contributed by atoms with Gasteiger partial charge in [-0.15, -0.1) is 0 Å². The number of nitrogens with zero attached hydrogens (tertiary/aromatic N) is 4. The number of alkyl halides is 3. The molecule has 0 unspecified atom stereocenters. The first-order valence-electron chi connectivity index (χ1n) is 10.6. The van der Waals surface area contributed by atoms with Crippen LogP contribution in [0.4, 0.5) is 30.6 Å². The van der Waals surface area contributed by atoms with E-state index >= 15 is 0 Å². The second kappa shape index (κ2) is 12.4. The highest BCUT2D eigenvalue weighted by Crippen LogP contribution is 2.25. The molecule has 33 heavy (non-hydrogen) atoms. The van der Waals surface area contributed by atoms with Crippen LogP contribution in [0.25, 0.3) is 0 Å². The standard InChI is InChI=1S/C20H29N5O.C2HF3O2/c1-16-15-19(25-12-9-18(10-13-25)26-14-6-11-21)23-20(22-16)24(2)17-7-4-3-5-8-17;3-2(4,5)1(6)7/h3-5,7-8,15,18H,6,9-14,21H2,1-2H3;(H,6,7). The molecule has 0 atom stereocenters. The van der Waals surface area contributed by atoms with E-state index in [9.17, 15) is 13.2 Å². The normalized spacial score (nSPS) is 14.4. The number of halogens is 3. The third-order valence-electron chi connectivity index (χ3n) is 4.98. The zero-order valence-electron chi connectivity index (χ0n) is 18.8. The summed E-state index contributed by atoms with van der Waals surface area (Å²) in [4.78, 5) is 22.7. The van der Waals surface area contributed by atoms with Gasteiger partial charge < -0.3 is 25.4 Å². The van der Waals surface area contributed by atoms with Gasteiger partial charge in [0.1, 0.15) is 5.82 Å². The lowest BCUT2D eigenvalue weighted by Gasteiger charge is -2.33. The first-order valence-corrected chi connectivity index (χ1v) is 10.6. The van der Waals surface area contributed by atoms with Crippen LogP contribution in [0.1, 0.15) is 25.0 Å². The number of para-hydroxylation sites is 1. The molecular weight excluding hydrogens is 439 g/mol. The van der Waals surface area contributed by atoms with Crippen LogP contribution in [0.2, 0.25) is 0 Å². The van der Waals surface area contributed by atoms with Gasteiger partial charge in [-0.3, -0.25) is 0 Å². The van der Waals surface area contributed by atoms with Crippen molar-refractivity contribution in [3.05, 3.63) is 42.1 Å². The van der Waals surface area contributed by atoms with Crippen LogP contribution in [0, 0.1) is 6.92 Å². The molecule has 1 aromatic carbocycles. The second-order valence-electron chi connectivity index (χ2n) is 7.56. The summed E-state index contributed by atoms with van der Waals surface area (Å²) in [5, 5.41) is 7.12. The Labute approximate surface area is 191 Å². The van der Waals surface area contributed by atoms with Gasteiger partial charge >= 0.3 is 12.1 Å². The number of hydrogen-bond acceptors (Lipinski definition) is 7. The summed E-state index contributed by atoms with van der Waals surface area (Å²) in [5.74, 6) is -1.03. The third kappa shape index (κ3) is 8.50. The number of carbonyl (C=O) groups is 1. The number of carboxylic acids is 1. The van der Waals surface area contributed by atoms with Crippen LogP contribution in [0.5, 0.6) is 0 Å². The van der Waals surface area contributed by atoms with E-state index in [4.69, 9.17) is 25.4 Å². The first-order chi connectivity index (χ1) is 15.6. The third-order valence-corrected chi connectivity index (χ3v) is 4.98. The summed E-state index contributed by atoms with van der Waals surface area (Å²) in [7, 11) is 2.01. The van der Waals surface area contributed by atoms with E-state index in [1.807, 2.05) is 37.1 Å². The molecule has 11 heteroatoms. The minimum Gasteiger partial charge on any atom is -0.475 e. The molecule has 1 aromatic heterocycles. The Hall–Kier alpha value is -2.92. The highest BCUT2D eigenvalue weighted by molar-refractivity contribution is 5.73. The Morgan fingerprint density at radius 2 is 1.85 bits per heavy atom. The van der Waals surface area contributed by atoms with E-state index in [1.165, 1.54) is 0 Å². The number of aromatic nitrogens is 2. The molecule has 0 saturated carbocycles. The molecule has 1 aliphatic rings. The maximum Gasteiger partial charge on any atom is 0.490 e. The van der Waals surface area contributed by atoms with E-state index < -0.39 is 12.1 Å². The molecule has 0 aliphatic carbocycles. The van der Waals surface area contributed by atoms with Gasteiger partial charge in [0.15, 0.2) is 0 Å². The van der Waals surface area contributed by atoms with Crippen molar-refractivity contribution in [3.8, 4) is 0 Å².